The topological polar surface area (TPSA) is 41.1 Å². The van der Waals surface area contributed by atoms with E-state index >= 15 is 0 Å². The number of carbonyl (C=O) groups excluding carboxylic acids is 1. The lowest BCUT2D eigenvalue weighted by molar-refractivity contribution is 0.0953. The second-order valence-electron chi connectivity index (χ2n) is 4.88. The Morgan fingerprint density at radius 1 is 0.909 bits per heavy atom. The molecular weight excluding hydrogens is 319 g/mol. The molecule has 0 aromatic heterocycles. The van der Waals surface area contributed by atoms with Crippen LogP contribution in [0.2, 0.25) is 10.0 Å². The van der Waals surface area contributed by atoms with Gasteiger partial charge >= 0.3 is 0 Å². The lowest BCUT2D eigenvalue weighted by Gasteiger charge is -2.08. The van der Waals surface area contributed by atoms with Gasteiger partial charge in [-0.15, -0.1) is 0 Å². The van der Waals surface area contributed by atoms with Crippen LogP contribution in [0.25, 0.3) is 0 Å². The van der Waals surface area contributed by atoms with E-state index in [2.05, 4.69) is 10.6 Å². The monoisotopic (exact) mass is 336 g/mol. The molecule has 0 aliphatic heterocycles. The Bertz CT molecular complexity index is 617. The van der Waals surface area contributed by atoms with Crippen molar-refractivity contribution < 1.29 is 4.79 Å². The molecule has 116 valence electrons. The van der Waals surface area contributed by atoms with Crippen molar-refractivity contribution in [2.45, 2.75) is 12.8 Å². The number of nitrogens with one attached hydrogen (secondary N) is 2. The van der Waals surface area contributed by atoms with E-state index in [9.17, 15) is 4.79 Å². The van der Waals surface area contributed by atoms with Gasteiger partial charge in [0.05, 0.1) is 10.0 Å². The minimum Gasteiger partial charge on any atom is -0.385 e. The first-order valence-electron chi connectivity index (χ1n) is 7.19. The quantitative estimate of drug-likeness (QED) is 0.724. The van der Waals surface area contributed by atoms with Crippen LogP contribution in [0.15, 0.2) is 48.5 Å². The molecule has 5 heteroatoms. The number of rotatable bonds is 7. The molecule has 1 amide bonds. The molecule has 22 heavy (non-hydrogen) atoms. The summed E-state index contributed by atoms with van der Waals surface area (Å²) in [7, 11) is 0. The zero-order chi connectivity index (χ0) is 15.8. The molecule has 2 N–H and O–H groups in total. The fraction of sp³-hybridized carbons (Fsp3) is 0.235. The Morgan fingerprint density at radius 3 is 2.36 bits per heavy atom. The summed E-state index contributed by atoms with van der Waals surface area (Å²) in [5.41, 5.74) is 1.64. The van der Waals surface area contributed by atoms with Crippen LogP contribution in [0.3, 0.4) is 0 Å². The number of anilines is 1. The Kier molecular flexibility index (Phi) is 6.56. The van der Waals surface area contributed by atoms with E-state index in [1.54, 1.807) is 24.3 Å². The van der Waals surface area contributed by atoms with Crippen molar-refractivity contribution in [3.8, 4) is 0 Å². The zero-order valence-electron chi connectivity index (χ0n) is 12.1. The van der Waals surface area contributed by atoms with Crippen molar-refractivity contribution in [1.29, 1.82) is 0 Å². The van der Waals surface area contributed by atoms with Crippen LogP contribution in [0.5, 0.6) is 0 Å². The summed E-state index contributed by atoms with van der Waals surface area (Å²) in [6.07, 6.45) is 1.86. The normalized spacial score (nSPS) is 10.3. The predicted molar refractivity (Wildman–Crippen MR) is 93.0 cm³/mol. The molecule has 0 saturated carbocycles. The summed E-state index contributed by atoms with van der Waals surface area (Å²) in [6, 6.07) is 14.7. The molecule has 0 aliphatic carbocycles. The van der Waals surface area contributed by atoms with Gasteiger partial charge in [-0.25, -0.2) is 0 Å². The second kappa shape index (κ2) is 8.66. The lowest BCUT2D eigenvalue weighted by Crippen LogP contribution is -2.24. The first-order chi connectivity index (χ1) is 10.7. The number of benzene rings is 2. The zero-order valence-corrected chi connectivity index (χ0v) is 13.6. The number of amides is 1. The molecule has 0 aliphatic rings. The summed E-state index contributed by atoms with van der Waals surface area (Å²) in [5, 5.41) is 7.28. The summed E-state index contributed by atoms with van der Waals surface area (Å²) in [4.78, 5) is 11.8. The first kappa shape index (κ1) is 16.7. The number of halogens is 2. The van der Waals surface area contributed by atoms with E-state index in [-0.39, 0.29) is 5.91 Å². The maximum absolute atomic E-state index is 11.8. The highest BCUT2D eigenvalue weighted by Gasteiger charge is 2.03. The molecule has 2 aromatic rings. The van der Waals surface area contributed by atoms with Gasteiger partial charge in [-0.2, -0.15) is 0 Å². The van der Waals surface area contributed by atoms with Gasteiger partial charge in [0.2, 0.25) is 0 Å². The maximum Gasteiger partial charge on any atom is 0.251 e. The van der Waals surface area contributed by atoms with Gasteiger partial charge in [-0.05, 0) is 43.2 Å². The molecule has 0 unspecified atom stereocenters. The molecule has 0 saturated heterocycles. The van der Waals surface area contributed by atoms with Crippen LogP contribution < -0.4 is 10.6 Å². The predicted octanol–water partition coefficient (Wildman–Crippen LogP) is 4.62. The third-order valence-corrected chi connectivity index (χ3v) is 3.91. The highest BCUT2D eigenvalue weighted by atomic mass is 35.5. The third-order valence-electron chi connectivity index (χ3n) is 3.17. The SMILES string of the molecule is O=C(NCCCCNc1ccc(Cl)c(Cl)c1)c1ccccc1. The van der Waals surface area contributed by atoms with Crippen molar-refractivity contribution in [3.05, 3.63) is 64.1 Å². The third kappa shape index (κ3) is 5.24. The van der Waals surface area contributed by atoms with Crippen LogP contribution in [0, 0.1) is 0 Å². The molecule has 0 atom stereocenters. The highest BCUT2D eigenvalue weighted by Crippen LogP contribution is 2.24. The molecule has 0 heterocycles. The van der Waals surface area contributed by atoms with Crippen molar-refractivity contribution in [2.75, 3.05) is 18.4 Å². The van der Waals surface area contributed by atoms with Crippen LogP contribution in [0.1, 0.15) is 23.2 Å². The molecular formula is C17H18Cl2N2O. The smallest absolute Gasteiger partial charge is 0.251 e. The minimum atomic E-state index is -0.0296. The summed E-state index contributed by atoms with van der Waals surface area (Å²) < 4.78 is 0. The standard InChI is InChI=1S/C17H18Cl2N2O/c18-15-9-8-14(12-16(15)19)20-10-4-5-11-21-17(22)13-6-2-1-3-7-13/h1-3,6-9,12,20H,4-5,10-11H2,(H,21,22). The molecule has 3 nitrogen and oxygen atoms in total. The van der Waals surface area contributed by atoms with Crippen molar-refractivity contribution >= 4 is 34.8 Å². The second-order valence-corrected chi connectivity index (χ2v) is 5.70. The van der Waals surface area contributed by atoms with Crippen LogP contribution in [-0.2, 0) is 0 Å². The first-order valence-corrected chi connectivity index (χ1v) is 7.94. The maximum atomic E-state index is 11.8. The van der Waals surface area contributed by atoms with E-state index < -0.39 is 0 Å². The summed E-state index contributed by atoms with van der Waals surface area (Å²) in [6.45, 7) is 1.48. The van der Waals surface area contributed by atoms with Crippen LogP contribution in [-0.4, -0.2) is 19.0 Å². The molecule has 0 radical (unpaired) electrons. The number of carbonyl (C=O) groups is 1. The van der Waals surface area contributed by atoms with Gasteiger partial charge in [-0.1, -0.05) is 41.4 Å². The summed E-state index contributed by atoms with van der Waals surface area (Å²) in [5.74, 6) is -0.0296. The average molecular weight is 337 g/mol. The van der Waals surface area contributed by atoms with Gasteiger partial charge in [0.1, 0.15) is 0 Å². The van der Waals surface area contributed by atoms with Crippen molar-refractivity contribution in [2.24, 2.45) is 0 Å². The van der Waals surface area contributed by atoms with Gasteiger partial charge in [0, 0.05) is 24.3 Å². The number of hydrogen-bond acceptors (Lipinski definition) is 2. The van der Waals surface area contributed by atoms with Gasteiger partial charge in [0.15, 0.2) is 0 Å². The molecule has 0 fully saturated rings. The highest BCUT2D eigenvalue weighted by molar-refractivity contribution is 6.42. The lowest BCUT2D eigenvalue weighted by atomic mass is 10.2. The van der Waals surface area contributed by atoms with E-state index in [0.717, 1.165) is 25.1 Å². The van der Waals surface area contributed by atoms with Crippen LogP contribution in [0.4, 0.5) is 5.69 Å². The average Bonchev–Trinajstić information content (AvgIpc) is 2.54. The van der Waals surface area contributed by atoms with E-state index in [0.29, 0.717) is 22.2 Å². The van der Waals surface area contributed by atoms with E-state index in [4.69, 9.17) is 23.2 Å². The van der Waals surface area contributed by atoms with Gasteiger partial charge < -0.3 is 10.6 Å². The largest absolute Gasteiger partial charge is 0.385 e. The Hall–Kier alpha value is -1.71. The number of hydrogen-bond donors (Lipinski definition) is 2. The minimum absolute atomic E-state index is 0.0296. The fourth-order valence-corrected chi connectivity index (χ4v) is 2.28. The molecule has 2 aromatic carbocycles. The fourth-order valence-electron chi connectivity index (χ4n) is 1.98. The number of unbranched alkanes of at least 4 members (excludes halogenated alkanes) is 1. The van der Waals surface area contributed by atoms with Gasteiger partial charge in [0.25, 0.3) is 5.91 Å². The van der Waals surface area contributed by atoms with E-state index in [1.165, 1.54) is 0 Å². The molecule has 0 bridgehead atoms. The Morgan fingerprint density at radius 2 is 1.64 bits per heavy atom. The molecule has 0 spiro atoms. The van der Waals surface area contributed by atoms with Crippen LogP contribution >= 0.6 is 23.2 Å². The van der Waals surface area contributed by atoms with Crippen molar-refractivity contribution in [3.63, 3.8) is 0 Å². The molecule has 2 rings (SSSR count). The Balaban J connectivity index is 1.61. The van der Waals surface area contributed by atoms with Gasteiger partial charge in [-0.3, -0.25) is 4.79 Å². The van der Waals surface area contributed by atoms with E-state index in [1.807, 2.05) is 24.3 Å². The Labute approximate surface area is 140 Å². The summed E-state index contributed by atoms with van der Waals surface area (Å²) >= 11 is 11.8. The van der Waals surface area contributed by atoms with Crippen molar-refractivity contribution in [1.82, 2.24) is 5.32 Å².